The van der Waals surface area contributed by atoms with Gasteiger partial charge >= 0.3 is 0 Å². The third kappa shape index (κ3) is 4.25. The van der Waals surface area contributed by atoms with E-state index in [2.05, 4.69) is 24.3 Å². The average molecular weight is 528 g/mol. The third-order valence-corrected chi connectivity index (χ3v) is 7.41. The molecule has 0 atom stereocenters. The lowest BCUT2D eigenvalue weighted by molar-refractivity contribution is -0.661. The molecule has 0 aliphatic carbocycles. The van der Waals surface area contributed by atoms with E-state index in [4.69, 9.17) is 7.16 Å². The zero-order valence-corrected chi connectivity index (χ0v) is 23.2. The predicted octanol–water partition coefficient (Wildman–Crippen LogP) is 9.03. The smallest absolute Gasteiger partial charge is 0.219 e. The fraction of sp³-hybridized carbons (Fsp3) is 0.167. The fourth-order valence-electron chi connectivity index (χ4n) is 5.36. The molecule has 196 valence electrons. The number of pyridine rings is 1. The Morgan fingerprint density at radius 1 is 0.875 bits per heavy atom. The molecule has 0 unspecified atom stereocenters. The molecule has 0 fully saturated rings. The number of hydrogen-bond acceptors (Lipinski definition) is 2. The molecule has 0 aliphatic heterocycles. The van der Waals surface area contributed by atoms with Gasteiger partial charge in [0.05, 0.1) is 24.1 Å². The summed E-state index contributed by atoms with van der Waals surface area (Å²) in [5.74, 6) is -0.696. The van der Waals surface area contributed by atoms with Crippen molar-refractivity contribution in [3.05, 3.63) is 114 Å². The second kappa shape index (κ2) is 9.47. The lowest BCUT2D eigenvalue weighted by Crippen LogP contribution is -2.34. The Morgan fingerprint density at radius 3 is 2.33 bits per heavy atom. The third-order valence-electron chi connectivity index (χ3n) is 7.41. The molecule has 3 nitrogen and oxygen atoms in total. The summed E-state index contributed by atoms with van der Waals surface area (Å²) in [5, 5.41) is 11.5. The molecular formula is C36H30FN2O+. The van der Waals surface area contributed by atoms with Gasteiger partial charge in [-0.15, -0.1) is 0 Å². The molecule has 6 aromatic rings. The van der Waals surface area contributed by atoms with Gasteiger partial charge in [-0.2, -0.15) is 5.26 Å². The number of benzene rings is 4. The number of hydrogen-bond donors (Lipinski definition) is 0. The van der Waals surface area contributed by atoms with Crippen LogP contribution in [0.3, 0.4) is 0 Å². The molecule has 0 saturated heterocycles. The van der Waals surface area contributed by atoms with E-state index in [0.29, 0.717) is 22.3 Å². The predicted molar refractivity (Wildman–Crippen MR) is 159 cm³/mol. The fourth-order valence-corrected chi connectivity index (χ4v) is 5.36. The molecule has 0 radical (unpaired) electrons. The molecule has 40 heavy (non-hydrogen) atoms. The van der Waals surface area contributed by atoms with E-state index < -0.39 is 11.2 Å². The molecule has 4 heteroatoms. The maximum absolute atomic E-state index is 15.8. The van der Waals surface area contributed by atoms with Gasteiger partial charge in [-0.1, -0.05) is 81.4 Å². The van der Waals surface area contributed by atoms with Crippen molar-refractivity contribution in [2.75, 3.05) is 0 Å². The highest BCUT2D eigenvalue weighted by molar-refractivity contribution is 6.13. The summed E-state index contributed by atoms with van der Waals surface area (Å²) in [6.07, 6.45) is 0.0173. The quantitative estimate of drug-likeness (QED) is 0.215. The molecule has 2 aromatic heterocycles. The van der Waals surface area contributed by atoms with Gasteiger partial charge in [-0.25, -0.2) is 8.96 Å². The van der Waals surface area contributed by atoms with Crippen LogP contribution in [-0.2, 0) is 12.5 Å². The van der Waals surface area contributed by atoms with Crippen molar-refractivity contribution in [3.63, 3.8) is 0 Å². The SMILES string of the molecule is [2H]c1c(F)c(C(C)(C)C)c([2H])[n+](C)c1-c1c(C)ccc2c1oc1c(-c3cccc(-c4ccccc4)c3)cc(C#N)cc12. The maximum atomic E-state index is 15.8. The van der Waals surface area contributed by atoms with Crippen molar-refractivity contribution in [1.29, 1.82) is 5.26 Å². The summed E-state index contributed by atoms with van der Waals surface area (Å²) in [6.45, 7) is 7.42. The Labute approximate surface area is 236 Å². The first kappa shape index (κ1) is 23.2. The summed E-state index contributed by atoms with van der Waals surface area (Å²) in [7, 11) is 1.69. The van der Waals surface area contributed by atoms with Crippen LogP contribution < -0.4 is 4.57 Å². The number of nitriles is 1. The van der Waals surface area contributed by atoms with Gasteiger partial charge in [-0.3, -0.25) is 0 Å². The Kier molecular flexibility index (Phi) is 5.48. The van der Waals surface area contributed by atoms with Crippen molar-refractivity contribution in [2.45, 2.75) is 33.1 Å². The summed E-state index contributed by atoms with van der Waals surface area (Å²) in [5.41, 5.74) is 6.57. The Hall–Kier alpha value is -4.75. The van der Waals surface area contributed by atoms with Gasteiger partial charge in [-0.05, 0) is 52.8 Å². The lowest BCUT2D eigenvalue weighted by atomic mass is 9.87. The lowest BCUT2D eigenvalue weighted by Gasteiger charge is -2.18. The van der Waals surface area contributed by atoms with Crippen molar-refractivity contribution in [1.82, 2.24) is 0 Å². The first-order valence-electron chi connectivity index (χ1n) is 14.3. The van der Waals surface area contributed by atoms with Crippen molar-refractivity contribution < 1.29 is 16.1 Å². The van der Waals surface area contributed by atoms with Gasteiger partial charge in [0, 0.05) is 22.4 Å². The first-order chi connectivity index (χ1) is 20.0. The minimum atomic E-state index is -0.696. The summed E-state index contributed by atoms with van der Waals surface area (Å²) in [6, 6.07) is 27.7. The molecule has 4 aromatic carbocycles. The molecule has 0 aliphatic rings. The molecular weight excluding hydrogens is 495 g/mol. The Balaban J connectivity index is 1.67. The standard InChI is InChI=1S/C36H30FN2O/c1-22-14-15-27-29-17-23(20-38)16-28(26-13-9-12-25(18-26)24-10-7-6-8-11-24)34(29)40-35(27)33(22)32-19-31(37)30(21-39(32)5)36(2,3)4/h6-19,21H,1-5H3/q+1/i19D,21D. The normalized spacial score (nSPS) is 12.4. The van der Waals surface area contributed by atoms with Crippen molar-refractivity contribution >= 4 is 21.9 Å². The molecule has 0 saturated carbocycles. The van der Waals surface area contributed by atoms with E-state index in [0.717, 1.165) is 38.6 Å². The zero-order valence-electron chi connectivity index (χ0n) is 25.2. The van der Waals surface area contributed by atoms with E-state index in [1.165, 1.54) is 0 Å². The van der Waals surface area contributed by atoms with Gasteiger partial charge in [0.15, 0.2) is 6.17 Å². The number of nitrogens with zero attached hydrogens (tertiary/aromatic N) is 2. The highest BCUT2D eigenvalue weighted by Gasteiger charge is 2.28. The Morgan fingerprint density at radius 2 is 1.60 bits per heavy atom. The highest BCUT2D eigenvalue weighted by atomic mass is 19.1. The van der Waals surface area contributed by atoms with Crippen molar-refractivity contribution in [2.24, 2.45) is 7.05 Å². The number of furan rings is 1. The Bertz CT molecular complexity index is 2050. The van der Waals surface area contributed by atoms with Crippen LogP contribution in [0.4, 0.5) is 4.39 Å². The average Bonchev–Trinajstić information content (AvgIpc) is 3.35. The number of rotatable bonds is 3. The number of halogens is 1. The topological polar surface area (TPSA) is 40.8 Å². The number of aromatic nitrogens is 1. The van der Waals surface area contributed by atoms with Crippen LogP contribution in [0.2, 0.25) is 0 Å². The monoisotopic (exact) mass is 527 g/mol. The van der Waals surface area contributed by atoms with Gasteiger partial charge in [0.1, 0.15) is 25.4 Å². The van der Waals surface area contributed by atoms with Crippen LogP contribution >= 0.6 is 0 Å². The second-order valence-electron chi connectivity index (χ2n) is 11.3. The summed E-state index contributed by atoms with van der Waals surface area (Å²) >= 11 is 0. The van der Waals surface area contributed by atoms with E-state index in [1.54, 1.807) is 11.6 Å². The zero-order chi connectivity index (χ0) is 29.9. The largest absolute Gasteiger partial charge is 0.454 e. The van der Waals surface area contributed by atoms with Crippen LogP contribution in [0.25, 0.3) is 55.4 Å². The van der Waals surface area contributed by atoms with Gasteiger partial charge < -0.3 is 4.42 Å². The summed E-state index contributed by atoms with van der Waals surface area (Å²) < 4.78 is 41.7. The maximum Gasteiger partial charge on any atom is 0.219 e. The second-order valence-corrected chi connectivity index (χ2v) is 11.3. The molecule has 0 amide bonds. The van der Waals surface area contributed by atoms with E-state index in [-0.39, 0.29) is 23.5 Å². The minimum absolute atomic E-state index is 0.0173. The molecule has 0 N–H and O–H groups in total. The van der Waals surface area contributed by atoms with Gasteiger partial charge in [0.25, 0.3) is 0 Å². The van der Waals surface area contributed by atoms with E-state index in [1.807, 2.05) is 88.4 Å². The summed E-state index contributed by atoms with van der Waals surface area (Å²) in [4.78, 5) is 0. The minimum Gasteiger partial charge on any atom is -0.454 e. The van der Waals surface area contributed by atoms with E-state index >= 15 is 4.39 Å². The molecule has 0 bridgehead atoms. The van der Waals surface area contributed by atoms with Crippen LogP contribution in [0.1, 0.15) is 40.2 Å². The molecule has 2 heterocycles. The molecule has 0 spiro atoms. The van der Waals surface area contributed by atoms with E-state index in [9.17, 15) is 5.26 Å². The van der Waals surface area contributed by atoms with Crippen LogP contribution in [0, 0.1) is 24.1 Å². The van der Waals surface area contributed by atoms with Crippen molar-refractivity contribution in [3.8, 4) is 39.6 Å². The van der Waals surface area contributed by atoms with Gasteiger partial charge in [0.2, 0.25) is 5.69 Å². The highest BCUT2D eigenvalue weighted by Crippen LogP contribution is 2.42. The molecule has 6 rings (SSSR count). The first-order valence-corrected chi connectivity index (χ1v) is 13.3. The number of aryl methyl sites for hydroxylation is 1. The van der Waals surface area contributed by atoms with Crippen LogP contribution in [0.15, 0.2) is 95.5 Å². The van der Waals surface area contributed by atoms with Crippen LogP contribution in [-0.4, -0.2) is 0 Å². The van der Waals surface area contributed by atoms with Crippen LogP contribution in [0.5, 0.6) is 0 Å². The number of fused-ring (bicyclic) bond motifs is 3.